The van der Waals surface area contributed by atoms with Crippen molar-refractivity contribution in [3.8, 4) is 0 Å². The van der Waals surface area contributed by atoms with Gasteiger partial charge in [0.05, 0.1) is 21.1 Å². The Morgan fingerprint density at radius 3 is 2.32 bits per heavy atom. The molecule has 0 spiro atoms. The summed E-state index contributed by atoms with van der Waals surface area (Å²) in [7, 11) is 0. The third-order valence-electron chi connectivity index (χ3n) is 3.21. The summed E-state index contributed by atoms with van der Waals surface area (Å²) in [6.07, 6.45) is 0. The largest absolute Gasteiger partial charge is 0.388 e. The summed E-state index contributed by atoms with van der Waals surface area (Å²) in [6, 6.07) is 1.90. The normalized spacial score (nSPS) is 12.4. The summed E-state index contributed by atoms with van der Waals surface area (Å²) in [5.41, 5.74) is -2.45. The Balaban J connectivity index is 3.28. The second-order valence-corrected chi connectivity index (χ2v) is 5.76. The molecular formula is C12H16ClFN2O3. The molecule has 0 bridgehead atoms. The standard InChI is InChI=1S/C12H16ClFN2O3/c1-11(2,12(3,4)17)15-9-6-8(14)7(13)5-10(9)16(18)19/h5-6,15,17H,1-4H3. The van der Waals surface area contributed by atoms with Gasteiger partial charge in [-0.05, 0) is 27.7 Å². The highest BCUT2D eigenvalue weighted by Crippen LogP contribution is 2.34. The van der Waals surface area contributed by atoms with Gasteiger partial charge in [-0.2, -0.15) is 0 Å². The van der Waals surface area contributed by atoms with E-state index in [0.717, 1.165) is 12.1 Å². The topological polar surface area (TPSA) is 75.4 Å². The van der Waals surface area contributed by atoms with Gasteiger partial charge >= 0.3 is 0 Å². The van der Waals surface area contributed by atoms with Gasteiger partial charge in [-0.1, -0.05) is 11.6 Å². The molecule has 0 aliphatic heterocycles. The Bertz CT molecular complexity index is 512. The average Bonchev–Trinajstić information content (AvgIpc) is 2.20. The molecule has 1 rings (SSSR count). The number of hydrogen-bond donors (Lipinski definition) is 2. The molecule has 0 fully saturated rings. The maximum atomic E-state index is 13.4. The monoisotopic (exact) mass is 290 g/mol. The Labute approximate surface area is 115 Å². The zero-order chi connectivity index (χ0) is 15.0. The molecule has 0 saturated heterocycles. The molecule has 1 aromatic carbocycles. The summed E-state index contributed by atoms with van der Waals surface area (Å²) in [5, 5.41) is 23.4. The zero-order valence-corrected chi connectivity index (χ0v) is 11.9. The number of nitrogens with zero attached hydrogens (tertiary/aromatic N) is 1. The number of nitrogens with one attached hydrogen (secondary N) is 1. The second kappa shape index (κ2) is 4.94. The van der Waals surface area contributed by atoms with Gasteiger partial charge in [0, 0.05) is 12.1 Å². The average molecular weight is 291 g/mol. The first-order valence-corrected chi connectivity index (χ1v) is 5.97. The number of aliphatic hydroxyl groups is 1. The van der Waals surface area contributed by atoms with E-state index in [-0.39, 0.29) is 16.4 Å². The maximum Gasteiger partial charge on any atom is 0.294 e. The smallest absolute Gasteiger partial charge is 0.294 e. The van der Waals surface area contributed by atoms with Crippen LogP contribution in [0.25, 0.3) is 0 Å². The number of nitro groups is 1. The van der Waals surface area contributed by atoms with E-state index in [1.807, 2.05) is 0 Å². The number of nitro benzene ring substituents is 1. The third-order valence-corrected chi connectivity index (χ3v) is 3.50. The van der Waals surface area contributed by atoms with Crippen molar-refractivity contribution < 1.29 is 14.4 Å². The Kier molecular flexibility index (Phi) is 4.07. The van der Waals surface area contributed by atoms with Crippen molar-refractivity contribution in [3.05, 3.63) is 33.1 Å². The molecule has 1 aromatic rings. The molecule has 0 aromatic heterocycles. The highest BCUT2D eigenvalue weighted by molar-refractivity contribution is 6.31. The Morgan fingerprint density at radius 2 is 1.89 bits per heavy atom. The lowest BCUT2D eigenvalue weighted by Gasteiger charge is -2.38. The van der Waals surface area contributed by atoms with Gasteiger partial charge in [0.25, 0.3) is 5.69 Å². The lowest BCUT2D eigenvalue weighted by Crippen LogP contribution is -2.51. The lowest BCUT2D eigenvalue weighted by atomic mass is 9.85. The minimum Gasteiger partial charge on any atom is -0.388 e. The van der Waals surface area contributed by atoms with Crippen LogP contribution in [0.3, 0.4) is 0 Å². The summed E-state index contributed by atoms with van der Waals surface area (Å²) >= 11 is 5.53. The van der Waals surface area contributed by atoms with Gasteiger partial charge in [0.1, 0.15) is 11.5 Å². The molecule has 0 radical (unpaired) electrons. The Hall–Kier alpha value is -1.40. The molecule has 19 heavy (non-hydrogen) atoms. The molecule has 106 valence electrons. The van der Waals surface area contributed by atoms with Crippen LogP contribution in [0.15, 0.2) is 12.1 Å². The maximum absolute atomic E-state index is 13.4. The highest BCUT2D eigenvalue weighted by atomic mass is 35.5. The van der Waals surface area contributed by atoms with Crippen molar-refractivity contribution in [2.75, 3.05) is 5.32 Å². The summed E-state index contributed by atoms with van der Waals surface area (Å²) in [4.78, 5) is 10.3. The fourth-order valence-corrected chi connectivity index (χ4v) is 1.44. The van der Waals surface area contributed by atoms with Gasteiger partial charge in [-0.3, -0.25) is 10.1 Å². The Morgan fingerprint density at radius 1 is 1.37 bits per heavy atom. The molecule has 0 atom stereocenters. The van der Waals surface area contributed by atoms with E-state index >= 15 is 0 Å². The van der Waals surface area contributed by atoms with E-state index in [2.05, 4.69) is 5.32 Å². The van der Waals surface area contributed by atoms with Crippen LogP contribution in [-0.4, -0.2) is 21.2 Å². The quantitative estimate of drug-likeness (QED) is 0.658. The summed E-state index contributed by atoms with van der Waals surface area (Å²) in [6.45, 7) is 6.42. The first-order valence-electron chi connectivity index (χ1n) is 5.60. The van der Waals surface area contributed by atoms with Crippen LogP contribution in [0.1, 0.15) is 27.7 Å². The van der Waals surface area contributed by atoms with Crippen LogP contribution in [-0.2, 0) is 0 Å². The van der Waals surface area contributed by atoms with Crippen molar-refractivity contribution in [2.45, 2.75) is 38.8 Å². The molecule has 5 nitrogen and oxygen atoms in total. The van der Waals surface area contributed by atoms with Crippen LogP contribution in [0.4, 0.5) is 15.8 Å². The molecule has 0 amide bonds. The van der Waals surface area contributed by atoms with Crippen molar-refractivity contribution in [1.82, 2.24) is 0 Å². The molecule has 0 heterocycles. The van der Waals surface area contributed by atoms with Crippen LogP contribution >= 0.6 is 11.6 Å². The van der Waals surface area contributed by atoms with Crippen molar-refractivity contribution >= 4 is 23.0 Å². The van der Waals surface area contributed by atoms with E-state index in [4.69, 9.17) is 11.6 Å². The molecule has 2 N–H and O–H groups in total. The second-order valence-electron chi connectivity index (χ2n) is 5.35. The number of benzene rings is 1. The summed E-state index contributed by atoms with van der Waals surface area (Å²) < 4.78 is 13.4. The van der Waals surface area contributed by atoms with E-state index < -0.39 is 21.9 Å². The van der Waals surface area contributed by atoms with Crippen molar-refractivity contribution in [1.29, 1.82) is 0 Å². The predicted octanol–water partition coefficient (Wildman–Crippen LogP) is 3.35. The van der Waals surface area contributed by atoms with E-state index in [1.165, 1.54) is 0 Å². The lowest BCUT2D eigenvalue weighted by molar-refractivity contribution is -0.384. The number of halogens is 2. The number of hydrogen-bond acceptors (Lipinski definition) is 4. The molecule has 0 aliphatic rings. The zero-order valence-electron chi connectivity index (χ0n) is 11.1. The SMILES string of the molecule is CC(C)(O)C(C)(C)Nc1cc(F)c(Cl)cc1[N+](=O)[O-]. The predicted molar refractivity (Wildman–Crippen MR) is 72.1 cm³/mol. The van der Waals surface area contributed by atoms with Gasteiger partial charge in [0.2, 0.25) is 0 Å². The number of rotatable bonds is 4. The minimum absolute atomic E-state index is 0.0287. The molecule has 0 aliphatic carbocycles. The number of anilines is 1. The summed E-state index contributed by atoms with van der Waals surface area (Å²) in [5.74, 6) is -0.763. The minimum atomic E-state index is -1.17. The van der Waals surface area contributed by atoms with Crippen LogP contribution < -0.4 is 5.32 Å². The van der Waals surface area contributed by atoms with Gasteiger partial charge in [-0.25, -0.2) is 4.39 Å². The van der Waals surface area contributed by atoms with E-state index in [1.54, 1.807) is 27.7 Å². The molecule has 0 saturated carbocycles. The highest BCUT2D eigenvalue weighted by Gasteiger charge is 2.36. The van der Waals surface area contributed by atoms with Crippen molar-refractivity contribution in [2.24, 2.45) is 0 Å². The van der Waals surface area contributed by atoms with Gasteiger partial charge in [0.15, 0.2) is 0 Å². The van der Waals surface area contributed by atoms with Gasteiger partial charge < -0.3 is 10.4 Å². The first-order chi connectivity index (χ1) is 8.45. The van der Waals surface area contributed by atoms with Crippen LogP contribution in [0.2, 0.25) is 5.02 Å². The van der Waals surface area contributed by atoms with Crippen LogP contribution in [0.5, 0.6) is 0 Å². The van der Waals surface area contributed by atoms with E-state index in [9.17, 15) is 19.6 Å². The van der Waals surface area contributed by atoms with Crippen molar-refractivity contribution in [3.63, 3.8) is 0 Å². The fraction of sp³-hybridized carbons (Fsp3) is 0.500. The van der Waals surface area contributed by atoms with Crippen LogP contribution in [0, 0.1) is 15.9 Å². The third kappa shape index (κ3) is 3.33. The first kappa shape index (κ1) is 15.7. The molecule has 0 unspecified atom stereocenters. The van der Waals surface area contributed by atoms with E-state index in [0.29, 0.717) is 0 Å². The molecule has 7 heteroatoms. The fourth-order valence-electron chi connectivity index (χ4n) is 1.28. The molecular weight excluding hydrogens is 275 g/mol. The van der Waals surface area contributed by atoms with Gasteiger partial charge in [-0.15, -0.1) is 0 Å².